The normalized spacial score (nSPS) is 7.74. The molecule has 0 amide bonds. The zero-order valence-electron chi connectivity index (χ0n) is 17.0. The summed E-state index contributed by atoms with van der Waals surface area (Å²) in [6, 6.07) is 17.3. The standard InChI is InChI=1S/C14H14S.4C2H6/c1-11-3-7-13(8-4-11)15-14-9-5-12(2)6-10-14;4*1-2/h3-10H,1-2H3;4*1-2H3. The molecule has 0 atom stereocenters. The smallest absolute Gasteiger partial charge is 0.0122 e. The molecule has 0 radical (unpaired) electrons. The van der Waals surface area contributed by atoms with Gasteiger partial charge >= 0.3 is 0 Å². The molecule has 0 fully saturated rings. The molecule has 23 heavy (non-hydrogen) atoms. The fraction of sp³-hybridized carbons (Fsp3) is 0.455. The summed E-state index contributed by atoms with van der Waals surface area (Å²) >= 11 is 1.80. The van der Waals surface area contributed by atoms with E-state index in [2.05, 4.69) is 62.4 Å². The summed E-state index contributed by atoms with van der Waals surface area (Å²) in [6.45, 7) is 20.2. The van der Waals surface area contributed by atoms with Gasteiger partial charge in [-0.3, -0.25) is 0 Å². The molecule has 2 aromatic carbocycles. The molecule has 0 aliphatic rings. The molecule has 2 aromatic rings. The highest BCUT2D eigenvalue weighted by Gasteiger charge is 1.96. The first kappa shape index (κ1) is 26.7. The minimum atomic E-state index is 1.30. The Kier molecular flexibility index (Phi) is 24.1. The highest BCUT2D eigenvalue weighted by molar-refractivity contribution is 7.99. The van der Waals surface area contributed by atoms with Gasteiger partial charge in [0.2, 0.25) is 0 Å². The second-order valence-electron chi connectivity index (χ2n) is 3.73. The van der Waals surface area contributed by atoms with Crippen LogP contribution in [-0.2, 0) is 0 Å². The Labute approximate surface area is 150 Å². The summed E-state index contributed by atoms with van der Waals surface area (Å²) in [7, 11) is 0. The van der Waals surface area contributed by atoms with Crippen molar-refractivity contribution in [2.24, 2.45) is 0 Å². The monoisotopic (exact) mass is 334 g/mol. The number of hydrogen-bond donors (Lipinski definition) is 0. The zero-order valence-corrected chi connectivity index (χ0v) is 17.8. The summed E-state index contributed by atoms with van der Waals surface area (Å²) in [5.41, 5.74) is 2.62. The molecule has 0 saturated heterocycles. The molecular formula is C22H38S. The van der Waals surface area contributed by atoms with Crippen molar-refractivity contribution in [1.29, 1.82) is 0 Å². The lowest BCUT2D eigenvalue weighted by Crippen LogP contribution is -1.76. The third kappa shape index (κ3) is 14.1. The zero-order chi connectivity index (χ0) is 18.7. The number of hydrogen-bond acceptors (Lipinski definition) is 1. The molecule has 0 saturated carbocycles. The number of aryl methyl sites for hydroxylation is 2. The minimum absolute atomic E-state index is 1.30. The van der Waals surface area contributed by atoms with Crippen LogP contribution in [-0.4, -0.2) is 0 Å². The molecule has 1 heteroatoms. The Hall–Kier alpha value is -1.21. The van der Waals surface area contributed by atoms with Crippen molar-refractivity contribution in [2.75, 3.05) is 0 Å². The quantitative estimate of drug-likeness (QED) is 0.530. The SMILES string of the molecule is CC.CC.CC.CC.Cc1ccc(Sc2ccc(C)cc2)cc1. The van der Waals surface area contributed by atoms with Gasteiger partial charge in [-0.15, -0.1) is 0 Å². The third-order valence-corrected chi connectivity index (χ3v) is 3.29. The van der Waals surface area contributed by atoms with E-state index in [0.717, 1.165) is 0 Å². The van der Waals surface area contributed by atoms with Gasteiger partial charge in [-0.2, -0.15) is 0 Å². The van der Waals surface area contributed by atoms with Crippen molar-refractivity contribution in [1.82, 2.24) is 0 Å². The van der Waals surface area contributed by atoms with E-state index in [4.69, 9.17) is 0 Å². The van der Waals surface area contributed by atoms with Gasteiger partial charge in [-0.1, -0.05) is 103 Å². The van der Waals surface area contributed by atoms with Gasteiger partial charge in [-0.05, 0) is 38.1 Å². The molecule has 0 aliphatic heterocycles. The molecular weight excluding hydrogens is 296 g/mol. The summed E-state index contributed by atoms with van der Waals surface area (Å²) in [5, 5.41) is 0. The lowest BCUT2D eigenvalue weighted by atomic mass is 10.2. The van der Waals surface area contributed by atoms with Crippen LogP contribution in [0.3, 0.4) is 0 Å². The average molecular weight is 335 g/mol. The molecule has 0 N–H and O–H groups in total. The van der Waals surface area contributed by atoms with Crippen LogP contribution in [0, 0.1) is 13.8 Å². The van der Waals surface area contributed by atoms with Crippen LogP contribution >= 0.6 is 11.8 Å². The summed E-state index contributed by atoms with van der Waals surface area (Å²) in [5.74, 6) is 0. The van der Waals surface area contributed by atoms with E-state index in [0.29, 0.717) is 0 Å². The molecule has 0 bridgehead atoms. The van der Waals surface area contributed by atoms with E-state index < -0.39 is 0 Å². The van der Waals surface area contributed by atoms with Crippen molar-refractivity contribution in [2.45, 2.75) is 79.0 Å². The molecule has 0 spiro atoms. The lowest BCUT2D eigenvalue weighted by molar-refractivity contribution is 1.34. The highest BCUT2D eigenvalue weighted by Crippen LogP contribution is 2.27. The van der Waals surface area contributed by atoms with Crippen molar-refractivity contribution in [3.05, 3.63) is 59.7 Å². The predicted molar refractivity (Wildman–Crippen MR) is 112 cm³/mol. The molecule has 0 aromatic heterocycles. The molecule has 0 heterocycles. The molecule has 0 aliphatic carbocycles. The van der Waals surface area contributed by atoms with Gasteiger partial charge in [0.25, 0.3) is 0 Å². The van der Waals surface area contributed by atoms with Crippen LogP contribution < -0.4 is 0 Å². The first-order valence-electron chi connectivity index (χ1n) is 9.05. The van der Waals surface area contributed by atoms with Crippen LogP contribution in [0.25, 0.3) is 0 Å². The van der Waals surface area contributed by atoms with Gasteiger partial charge < -0.3 is 0 Å². The fourth-order valence-electron chi connectivity index (χ4n) is 1.35. The Bertz CT molecular complexity index is 383. The van der Waals surface area contributed by atoms with Crippen LogP contribution in [0.15, 0.2) is 58.3 Å². The van der Waals surface area contributed by atoms with E-state index in [1.807, 2.05) is 55.4 Å². The third-order valence-electron chi connectivity index (χ3n) is 2.28. The maximum Gasteiger partial charge on any atom is 0.0122 e. The van der Waals surface area contributed by atoms with Crippen molar-refractivity contribution in [3.63, 3.8) is 0 Å². The van der Waals surface area contributed by atoms with Gasteiger partial charge in [0.1, 0.15) is 0 Å². The number of benzene rings is 2. The second kappa shape index (κ2) is 20.8. The Morgan fingerprint density at radius 1 is 0.435 bits per heavy atom. The molecule has 0 nitrogen and oxygen atoms in total. The Morgan fingerprint density at radius 2 is 0.652 bits per heavy atom. The van der Waals surface area contributed by atoms with E-state index >= 15 is 0 Å². The largest absolute Gasteiger partial charge is 0.0901 e. The number of rotatable bonds is 2. The van der Waals surface area contributed by atoms with Crippen molar-refractivity contribution >= 4 is 11.8 Å². The van der Waals surface area contributed by atoms with Crippen molar-refractivity contribution in [3.8, 4) is 0 Å². The maximum absolute atomic E-state index is 2.17. The van der Waals surface area contributed by atoms with Crippen molar-refractivity contribution < 1.29 is 0 Å². The lowest BCUT2D eigenvalue weighted by Gasteiger charge is -2.02. The fourth-order valence-corrected chi connectivity index (χ4v) is 2.17. The summed E-state index contributed by atoms with van der Waals surface area (Å²) < 4.78 is 0. The van der Waals surface area contributed by atoms with E-state index in [1.54, 1.807) is 11.8 Å². The summed E-state index contributed by atoms with van der Waals surface area (Å²) in [6.07, 6.45) is 0. The van der Waals surface area contributed by atoms with Crippen LogP contribution in [0.2, 0.25) is 0 Å². The van der Waals surface area contributed by atoms with E-state index in [1.165, 1.54) is 20.9 Å². The second-order valence-corrected chi connectivity index (χ2v) is 4.88. The Morgan fingerprint density at radius 3 is 0.870 bits per heavy atom. The Balaban J connectivity index is -0.000000438. The first-order chi connectivity index (χ1) is 11.2. The van der Waals surface area contributed by atoms with Gasteiger partial charge in [0.15, 0.2) is 0 Å². The van der Waals surface area contributed by atoms with E-state index in [-0.39, 0.29) is 0 Å². The van der Waals surface area contributed by atoms with Gasteiger partial charge in [-0.25, -0.2) is 0 Å². The van der Waals surface area contributed by atoms with Gasteiger partial charge in [0.05, 0.1) is 0 Å². The highest BCUT2D eigenvalue weighted by atomic mass is 32.2. The minimum Gasteiger partial charge on any atom is -0.0901 e. The first-order valence-corrected chi connectivity index (χ1v) is 9.87. The maximum atomic E-state index is 2.17. The van der Waals surface area contributed by atoms with Gasteiger partial charge in [0, 0.05) is 9.79 Å². The predicted octanol–water partition coefficient (Wildman–Crippen LogP) is 8.56. The van der Waals surface area contributed by atoms with E-state index in [9.17, 15) is 0 Å². The molecule has 2 rings (SSSR count). The van der Waals surface area contributed by atoms with Crippen LogP contribution in [0.1, 0.15) is 66.5 Å². The average Bonchev–Trinajstić information content (AvgIpc) is 2.66. The van der Waals surface area contributed by atoms with Crippen LogP contribution in [0.5, 0.6) is 0 Å². The van der Waals surface area contributed by atoms with Crippen LogP contribution in [0.4, 0.5) is 0 Å². The summed E-state index contributed by atoms with van der Waals surface area (Å²) in [4.78, 5) is 2.59. The molecule has 0 unspecified atom stereocenters. The topological polar surface area (TPSA) is 0 Å². The molecule has 132 valence electrons.